The maximum Gasteiger partial charge on any atom is 0.288 e. The van der Waals surface area contributed by atoms with E-state index < -0.39 is 0 Å². The summed E-state index contributed by atoms with van der Waals surface area (Å²) in [6, 6.07) is 0.219. The van der Waals surface area contributed by atoms with Crippen LogP contribution in [0.3, 0.4) is 0 Å². The van der Waals surface area contributed by atoms with Crippen molar-refractivity contribution in [3.05, 3.63) is 5.82 Å². The summed E-state index contributed by atoms with van der Waals surface area (Å²) in [6.45, 7) is 5.46. The Morgan fingerprint density at radius 3 is 2.84 bits per heavy atom. The van der Waals surface area contributed by atoms with Gasteiger partial charge < -0.3 is 16.0 Å². The fraction of sp³-hybridized carbons (Fsp3) is 0.750. The molecule has 1 aromatic heterocycles. The number of unbranched alkanes of at least 4 members (excludes halogenated alkanes) is 1. The second-order valence-electron chi connectivity index (χ2n) is 4.99. The summed E-state index contributed by atoms with van der Waals surface area (Å²) in [5, 5.41) is 9.14. The van der Waals surface area contributed by atoms with E-state index in [1.807, 2.05) is 0 Å². The lowest BCUT2D eigenvalue weighted by Crippen LogP contribution is -2.45. The molecule has 0 aromatic carbocycles. The number of carbonyl (C=O) groups excluding carboxylic acids is 1. The molecular weight excluding hydrogens is 244 g/mol. The molecule has 2 rings (SSSR count). The predicted octanol–water partition coefficient (Wildman–Crippen LogP) is 0.381. The predicted molar refractivity (Wildman–Crippen MR) is 72.6 cm³/mol. The van der Waals surface area contributed by atoms with Crippen molar-refractivity contribution in [2.75, 3.05) is 25.4 Å². The smallest absolute Gasteiger partial charge is 0.288 e. The van der Waals surface area contributed by atoms with Crippen LogP contribution in [-0.2, 0) is 0 Å². The number of nitrogen functional groups attached to an aromatic ring is 1. The van der Waals surface area contributed by atoms with Gasteiger partial charge >= 0.3 is 0 Å². The summed E-state index contributed by atoms with van der Waals surface area (Å²) in [5.41, 5.74) is 5.37. The standard InChI is InChI=1S/C12H22N6O/c1-2-3-6-18-7-4-9(5-8-18)14-11(19)10-15-12(13)17-16-10/h9H,2-8H2,1H3,(H,14,19)(H3,13,15,16,17). The molecule has 1 saturated heterocycles. The number of rotatable bonds is 5. The molecule has 7 nitrogen and oxygen atoms in total. The number of hydrogen-bond acceptors (Lipinski definition) is 5. The highest BCUT2D eigenvalue weighted by molar-refractivity contribution is 5.90. The number of hydrogen-bond donors (Lipinski definition) is 3. The lowest BCUT2D eigenvalue weighted by atomic mass is 10.0. The molecule has 19 heavy (non-hydrogen) atoms. The molecule has 7 heteroatoms. The van der Waals surface area contributed by atoms with Gasteiger partial charge in [-0.15, -0.1) is 5.10 Å². The molecule has 0 saturated carbocycles. The van der Waals surface area contributed by atoms with Crippen LogP contribution in [0.25, 0.3) is 0 Å². The lowest BCUT2D eigenvalue weighted by molar-refractivity contribution is 0.0900. The Morgan fingerprint density at radius 2 is 2.26 bits per heavy atom. The van der Waals surface area contributed by atoms with Crippen molar-refractivity contribution in [3.63, 3.8) is 0 Å². The summed E-state index contributed by atoms with van der Waals surface area (Å²) >= 11 is 0. The van der Waals surface area contributed by atoms with Crippen molar-refractivity contribution in [2.24, 2.45) is 0 Å². The summed E-state index contributed by atoms with van der Waals surface area (Å²) < 4.78 is 0. The van der Waals surface area contributed by atoms with Gasteiger partial charge in [0.05, 0.1) is 0 Å². The number of amides is 1. The number of piperidine rings is 1. The number of likely N-dealkylation sites (tertiary alicyclic amines) is 1. The zero-order chi connectivity index (χ0) is 13.7. The molecule has 0 radical (unpaired) electrons. The van der Waals surface area contributed by atoms with Crippen LogP contribution >= 0.6 is 0 Å². The van der Waals surface area contributed by atoms with Crippen molar-refractivity contribution in [2.45, 2.75) is 38.6 Å². The van der Waals surface area contributed by atoms with E-state index in [1.54, 1.807) is 0 Å². The third-order valence-corrected chi connectivity index (χ3v) is 3.47. The summed E-state index contributed by atoms with van der Waals surface area (Å²) in [4.78, 5) is 18.1. The number of carbonyl (C=O) groups is 1. The van der Waals surface area contributed by atoms with E-state index in [2.05, 4.69) is 32.3 Å². The van der Waals surface area contributed by atoms with E-state index >= 15 is 0 Å². The Labute approximate surface area is 113 Å². The number of aromatic amines is 1. The van der Waals surface area contributed by atoms with Crippen LogP contribution in [0.2, 0.25) is 0 Å². The molecule has 106 valence electrons. The van der Waals surface area contributed by atoms with Crippen molar-refractivity contribution in [3.8, 4) is 0 Å². The van der Waals surface area contributed by atoms with Gasteiger partial charge in [-0.2, -0.15) is 4.98 Å². The van der Waals surface area contributed by atoms with Crippen molar-refractivity contribution >= 4 is 11.9 Å². The first-order chi connectivity index (χ1) is 9.19. The molecule has 4 N–H and O–H groups in total. The summed E-state index contributed by atoms with van der Waals surface area (Å²) in [7, 11) is 0. The first kappa shape index (κ1) is 13.8. The number of nitrogens with two attached hydrogens (primary N) is 1. The van der Waals surface area contributed by atoms with E-state index in [-0.39, 0.29) is 23.7 Å². The minimum atomic E-state index is -0.226. The molecule has 1 aromatic rings. The van der Waals surface area contributed by atoms with Gasteiger partial charge in [0.25, 0.3) is 5.91 Å². The van der Waals surface area contributed by atoms with E-state index in [0.717, 1.165) is 32.5 Å². The number of H-pyrrole nitrogens is 1. The van der Waals surface area contributed by atoms with Crippen LogP contribution in [-0.4, -0.2) is 51.7 Å². The second kappa shape index (κ2) is 6.51. The second-order valence-corrected chi connectivity index (χ2v) is 4.99. The van der Waals surface area contributed by atoms with Crippen LogP contribution in [0, 0.1) is 0 Å². The molecule has 1 fully saturated rings. The highest BCUT2D eigenvalue weighted by Crippen LogP contribution is 2.11. The summed E-state index contributed by atoms with van der Waals surface area (Å²) in [5.74, 6) is 0.0571. The van der Waals surface area contributed by atoms with Gasteiger partial charge in [-0.25, -0.2) is 0 Å². The topological polar surface area (TPSA) is 99.9 Å². The van der Waals surface area contributed by atoms with Crippen LogP contribution in [0.5, 0.6) is 0 Å². The Morgan fingerprint density at radius 1 is 1.53 bits per heavy atom. The maximum absolute atomic E-state index is 11.9. The number of anilines is 1. The number of nitrogens with zero attached hydrogens (tertiary/aromatic N) is 3. The number of aromatic nitrogens is 3. The monoisotopic (exact) mass is 266 g/mol. The molecule has 0 spiro atoms. The Hall–Kier alpha value is -1.63. The maximum atomic E-state index is 11.9. The highest BCUT2D eigenvalue weighted by Gasteiger charge is 2.21. The SMILES string of the molecule is CCCCN1CCC(NC(=O)c2nc(N)n[nH]2)CC1. The van der Waals surface area contributed by atoms with Crippen LogP contribution in [0.4, 0.5) is 5.95 Å². The first-order valence-corrected chi connectivity index (χ1v) is 6.90. The van der Waals surface area contributed by atoms with Crippen LogP contribution in [0.1, 0.15) is 43.2 Å². The Bertz CT molecular complexity index is 410. The lowest BCUT2D eigenvalue weighted by Gasteiger charge is -2.32. The van der Waals surface area contributed by atoms with E-state index in [1.165, 1.54) is 12.8 Å². The molecule has 0 aliphatic carbocycles. The molecule has 1 aliphatic heterocycles. The van der Waals surface area contributed by atoms with Crippen molar-refractivity contribution in [1.29, 1.82) is 0 Å². The third-order valence-electron chi connectivity index (χ3n) is 3.47. The minimum Gasteiger partial charge on any atom is -0.366 e. The molecule has 1 amide bonds. The molecular formula is C12H22N6O. The Balaban J connectivity index is 1.75. The van der Waals surface area contributed by atoms with E-state index in [4.69, 9.17) is 5.73 Å². The average molecular weight is 266 g/mol. The van der Waals surface area contributed by atoms with Gasteiger partial charge in [-0.1, -0.05) is 13.3 Å². The van der Waals surface area contributed by atoms with Crippen molar-refractivity contribution in [1.82, 2.24) is 25.4 Å². The van der Waals surface area contributed by atoms with Gasteiger partial charge in [-0.05, 0) is 25.8 Å². The fourth-order valence-corrected chi connectivity index (χ4v) is 2.31. The zero-order valence-electron chi connectivity index (χ0n) is 11.4. The molecule has 1 aliphatic rings. The highest BCUT2D eigenvalue weighted by atomic mass is 16.2. The first-order valence-electron chi connectivity index (χ1n) is 6.90. The fourth-order valence-electron chi connectivity index (χ4n) is 2.31. The van der Waals surface area contributed by atoms with Gasteiger partial charge in [0.1, 0.15) is 0 Å². The van der Waals surface area contributed by atoms with Crippen LogP contribution < -0.4 is 11.1 Å². The Kier molecular flexibility index (Phi) is 4.73. The molecule has 2 heterocycles. The molecule has 0 atom stereocenters. The van der Waals surface area contributed by atoms with Gasteiger partial charge in [-0.3, -0.25) is 9.89 Å². The van der Waals surface area contributed by atoms with Gasteiger partial charge in [0.15, 0.2) is 0 Å². The van der Waals surface area contributed by atoms with Gasteiger partial charge in [0, 0.05) is 19.1 Å². The van der Waals surface area contributed by atoms with E-state index in [9.17, 15) is 4.79 Å². The third kappa shape index (κ3) is 3.92. The normalized spacial score (nSPS) is 17.5. The largest absolute Gasteiger partial charge is 0.366 e. The van der Waals surface area contributed by atoms with Crippen molar-refractivity contribution < 1.29 is 4.79 Å². The quantitative estimate of drug-likeness (QED) is 0.715. The van der Waals surface area contributed by atoms with Crippen LogP contribution in [0.15, 0.2) is 0 Å². The average Bonchev–Trinajstić information content (AvgIpc) is 2.85. The molecule has 0 bridgehead atoms. The minimum absolute atomic E-state index is 0.0968. The zero-order valence-corrected chi connectivity index (χ0v) is 11.4. The van der Waals surface area contributed by atoms with Gasteiger partial charge in [0.2, 0.25) is 11.8 Å². The number of nitrogens with one attached hydrogen (secondary N) is 2. The van der Waals surface area contributed by atoms with E-state index in [0.29, 0.717) is 0 Å². The molecule has 0 unspecified atom stereocenters. The summed E-state index contributed by atoms with van der Waals surface area (Å²) in [6.07, 6.45) is 4.44.